The highest BCUT2D eigenvalue weighted by Crippen LogP contribution is 2.31. The van der Waals surface area contributed by atoms with Crippen LogP contribution in [0, 0.1) is 0 Å². The molecule has 0 spiro atoms. The summed E-state index contributed by atoms with van der Waals surface area (Å²) in [6, 6.07) is 11.4. The van der Waals surface area contributed by atoms with Gasteiger partial charge in [-0.15, -0.1) is 5.10 Å². The number of likely N-dealkylation sites (tertiary alicyclic amines) is 1. The van der Waals surface area contributed by atoms with Crippen LogP contribution >= 0.6 is 0 Å². The average Bonchev–Trinajstić information content (AvgIpc) is 3.22. The van der Waals surface area contributed by atoms with Crippen LogP contribution < -0.4 is 14.2 Å². The van der Waals surface area contributed by atoms with E-state index in [1.165, 1.54) is 5.56 Å². The maximum absolute atomic E-state index is 10.7. The molecule has 2 aromatic carbocycles. The first-order valence-corrected chi connectivity index (χ1v) is 11.0. The quantitative estimate of drug-likeness (QED) is 0.292. The number of aromatic nitrogens is 3. The third-order valence-electron chi connectivity index (χ3n) is 5.62. The summed E-state index contributed by atoms with van der Waals surface area (Å²) in [5.41, 5.74) is 2.68. The zero-order chi connectivity index (χ0) is 23.2. The number of carboxylic acid groups (broad SMARTS) is 1. The molecule has 9 heteroatoms. The van der Waals surface area contributed by atoms with E-state index >= 15 is 0 Å². The van der Waals surface area contributed by atoms with Gasteiger partial charge in [0.15, 0.2) is 11.5 Å². The number of hydrogen-bond donors (Lipinski definition) is 1. The lowest BCUT2D eigenvalue weighted by Crippen LogP contribution is -2.34. The zero-order valence-corrected chi connectivity index (χ0v) is 18.6. The Morgan fingerprint density at radius 2 is 2.00 bits per heavy atom. The number of piperidine rings is 1. The molecule has 1 aromatic heterocycles. The Bertz CT molecular complexity index is 1120. The molecule has 0 unspecified atom stereocenters. The van der Waals surface area contributed by atoms with Crippen LogP contribution in [-0.2, 0) is 6.54 Å². The van der Waals surface area contributed by atoms with E-state index in [2.05, 4.69) is 33.9 Å². The van der Waals surface area contributed by atoms with Crippen molar-refractivity contribution in [1.29, 1.82) is 0 Å². The van der Waals surface area contributed by atoms with Crippen molar-refractivity contribution in [3.05, 3.63) is 54.6 Å². The summed E-state index contributed by atoms with van der Waals surface area (Å²) in [4.78, 5) is 13.2. The Balaban J connectivity index is 1.38. The first kappa shape index (κ1) is 22.6. The molecule has 1 saturated heterocycles. The molecule has 1 fully saturated rings. The van der Waals surface area contributed by atoms with E-state index < -0.39 is 6.16 Å². The predicted octanol–water partition coefficient (Wildman–Crippen LogP) is 4.29. The number of hydrogen-bond acceptors (Lipinski definition) is 7. The molecule has 33 heavy (non-hydrogen) atoms. The monoisotopic (exact) mass is 452 g/mol. The van der Waals surface area contributed by atoms with E-state index in [1.807, 2.05) is 23.7 Å². The van der Waals surface area contributed by atoms with E-state index in [-0.39, 0.29) is 11.8 Å². The summed E-state index contributed by atoms with van der Waals surface area (Å²) in [5, 5.41) is 17.3. The second-order valence-electron chi connectivity index (χ2n) is 7.87. The van der Waals surface area contributed by atoms with Gasteiger partial charge in [-0.3, -0.25) is 4.90 Å². The van der Waals surface area contributed by atoms with E-state index in [0.29, 0.717) is 18.7 Å². The van der Waals surface area contributed by atoms with E-state index in [0.717, 1.165) is 49.5 Å². The van der Waals surface area contributed by atoms with Crippen LogP contribution in [0.15, 0.2) is 49.1 Å². The third kappa shape index (κ3) is 5.43. The number of carbonyl (C=O) groups is 1. The third-order valence-corrected chi connectivity index (χ3v) is 5.62. The van der Waals surface area contributed by atoms with E-state index in [9.17, 15) is 4.79 Å². The second-order valence-corrected chi connectivity index (χ2v) is 7.87. The molecular formula is C24H28N4O5. The van der Waals surface area contributed by atoms with Gasteiger partial charge in [0, 0.05) is 25.7 Å². The van der Waals surface area contributed by atoms with Crippen LogP contribution in [0.25, 0.3) is 11.0 Å². The molecule has 1 aliphatic heterocycles. The van der Waals surface area contributed by atoms with Crippen LogP contribution in [0.4, 0.5) is 4.79 Å². The molecule has 174 valence electrons. The minimum Gasteiger partial charge on any atom is -0.490 e. The van der Waals surface area contributed by atoms with Crippen molar-refractivity contribution in [2.24, 2.45) is 0 Å². The molecule has 9 nitrogen and oxygen atoms in total. The lowest BCUT2D eigenvalue weighted by Gasteiger charge is -2.32. The van der Waals surface area contributed by atoms with Gasteiger partial charge in [-0.2, -0.15) is 0 Å². The Hall–Kier alpha value is -3.59. The Morgan fingerprint density at radius 3 is 2.73 bits per heavy atom. The molecule has 0 amide bonds. The molecule has 2 heterocycles. The van der Waals surface area contributed by atoms with Crippen LogP contribution in [-0.4, -0.2) is 57.5 Å². The summed E-state index contributed by atoms with van der Waals surface area (Å²) in [5.74, 6) is 1.73. The van der Waals surface area contributed by atoms with Crippen LogP contribution in [0.2, 0.25) is 0 Å². The van der Waals surface area contributed by atoms with Crippen molar-refractivity contribution < 1.29 is 24.1 Å². The summed E-state index contributed by atoms with van der Waals surface area (Å²) in [7, 11) is 0. The van der Waals surface area contributed by atoms with Gasteiger partial charge in [-0.1, -0.05) is 23.9 Å². The fourth-order valence-electron chi connectivity index (χ4n) is 4.12. The van der Waals surface area contributed by atoms with Crippen molar-refractivity contribution in [2.45, 2.75) is 32.4 Å². The lowest BCUT2D eigenvalue weighted by atomic mass is 10.0. The highest BCUT2D eigenvalue weighted by atomic mass is 16.7. The lowest BCUT2D eigenvalue weighted by molar-refractivity contribution is 0.144. The van der Waals surface area contributed by atoms with E-state index in [1.54, 1.807) is 18.2 Å². The standard InChI is InChI=1S/C24H28N4O5/c1-3-13-32-22-8-5-17(14-23(22)31-4-2)16-27-11-9-18(10-12-27)28-21-7-6-19(33-24(29)30)15-20(21)25-26-28/h3,5-8,14-15,18H,1,4,9-13,16H2,2H3,(H,29,30). The molecule has 0 aliphatic carbocycles. The topological polar surface area (TPSA) is 98.9 Å². The highest BCUT2D eigenvalue weighted by molar-refractivity contribution is 5.77. The summed E-state index contributed by atoms with van der Waals surface area (Å²) < 4.78 is 18.1. The fourth-order valence-corrected chi connectivity index (χ4v) is 4.12. The van der Waals surface area contributed by atoms with Crippen molar-refractivity contribution in [1.82, 2.24) is 19.9 Å². The van der Waals surface area contributed by atoms with Gasteiger partial charge >= 0.3 is 6.16 Å². The highest BCUT2D eigenvalue weighted by Gasteiger charge is 2.23. The number of rotatable bonds is 9. The fraction of sp³-hybridized carbons (Fsp3) is 0.375. The van der Waals surface area contributed by atoms with Gasteiger partial charge in [-0.05, 0) is 49.6 Å². The van der Waals surface area contributed by atoms with Gasteiger partial charge in [-0.25, -0.2) is 9.48 Å². The van der Waals surface area contributed by atoms with Gasteiger partial charge < -0.3 is 19.3 Å². The summed E-state index contributed by atoms with van der Waals surface area (Å²) >= 11 is 0. The van der Waals surface area contributed by atoms with Crippen molar-refractivity contribution in [3.63, 3.8) is 0 Å². The molecule has 0 bridgehead atoms. The molecule has 0 radical (unpaired) electrons. The number of benzene rings is 2. The van der Waals surface area contributed by atoms with Crippen molar-refractivity contribution in [3.8, 4) is 17.2 Å². The minimum atomic E-state index is -1.35. The largest absolute Gasteiger partial charge is 0.511 e. The minimum absolute atomic E-state index is 0.240. The Labute approximate surface area is 192 Å². The molecule has 1 N–H and O–H groups in total. The van der Waals surface area contributed by atoms with Gasteiger partial charge in [0.2, 0.25) is 0 Å². The van der Waals surface area contributed by atoms with E-state index in [4.69, 9.17) is 19.3 Å². The molecule has 1 aliphatic rings. The molecule has 4 rings (SSSR count). The normalized spacial score (nSPS) is 14.8. The first-order chi connectivity index (χ1) is 16.1. The maximum atomic E-state index is 10.7. The Kier molecular flexibility index (Phi) is 7.09. The summed E-state index contributed by atoms with van der Waals surface area (Å²) in [6.07, 6.45) is 2.27. The van der Waals surface area contributed by atoms with Crippen LogP contribution in [0.1, 0.15) is 31.4 Å². The maximum Gasteiger partial charge on any atom is 0.511 e. The number of nitrogens with zero attached hydrogens (tertiary/aromatic N) is 4. The average molecular weight is 453 g/mol. The summed E-state index contributed by atoms with van der Waals surface area (Å²) in [6.45, 7) is 9.38. The second kappa shape index (κ2) is 10.4. The zero-order valence-electron chi connectivity index (χ0n) is 18.6. The van der Waals surface area contributed by atoms with Crippen molar-refractivity contribution >= 4 is 17.2 Å². The van der Waals surface area contributed by atoms with Crippen molar-refractivity contribution in [2.75, 3.05) is 26.3 Å². The van der Waals surface area contributed by atoms with Gasteiger partial charge in [0.25, 0.3) is 0 Å². The molecule has 3 aromatic rings. The van der Waals surface area contributed by atoms with Gasteiger partial charge in [0.05, 0.1) is 18.2 Å². The molecule has 0 atom stereocenters. The smallest absolute Gasteiger partial charge is 0.490 e. The molecule has 0 saturated carbocycles. The number of ether oxygens (including phenoxy) is 3. The number of fused-ring (bicyclic) bond motifs is 1. The Morgan fingerprint density at radius 1 is 1.18 bits per heavy atom. The SMILES string of the molecule is C=CCOc1ccc(CN2CCC(n3nnc4cc(OC(=O)O)ccc43)CC2)cc1OCC. The molecular weight excluding hydrogens is 424 g/mol. The van der Waals surface area contributed by atoms with Gasteiger partial charge in [0.1, 0.15) is 17.9 Å². The van der Waals surface area contributed by atoms with Crippen LogP contribution in [0.3, 0.4) is 0 Å². The predicted molar refractivity (Wildman–Crippen MR) is 123 cm³/mol. The van der Waals surface area contributed by atoms with Crippen LogP contribution in [0.5, 0.6) is 17.2 Å². The first-order valence-electron chi connectivity index (χ1n) is 11.0.